The Kier molecular flexibility index (Phi) is 4.38. The van der Waals surface area contributed by atoms with Gasteiger partial charge in [-0.25, -0.2) is 0 Å². The molecule has 3 heteroatoms. The monoisotopic (exact) mass is 248 g/mol. The Labute approximate surface area is 110 Å². The van der Waals surface area contributed by atoms with E-state index in [9.17, 15) is 5.11 Å². The van der Waals surface area contributed by atoms with Gasteiger partial charge in [-0.3, -0.25) is 0 Å². The van der Waals surface area contributed by atoms with Gasteiger partial charge in [0.25, 0.3) is 0 Å². The number of benzene rings is 1. The molecule has 0 bridgehead atoms. The van der Waals surface area contributed by atoms with E-state index in [1.54, 1.807) is 0 Å². The van der Waals surface area contributed by atoms with Gasteiger partial charge in [-0.05, 0) is 30.9 Å². The molecule has 1 unspecified atom stereocenters. The maximum Gasteiger partial charge on any atom is 0.0772 e. The van der Waals surface area contributed by atoms with Gasteiger partial charge in [-0.1, -0.05) is 37.3 Å². The second-order valence-electron chi connectivity index (χ2n) is 5.45. The molecule has 100 valence electrons. The van der Waals surface area contributed by atoms with Crippen molar-refractivity contribution < 1.29 is 5.11 Å². The third kappa shape index (κ3) is 3.31. The summed E-state index contributed by atoms with van der Waals surface area (Å²) in [4.78, 5) is 2.36. The van der Waals surface area contributed by atoms with E-state index in [0.717, 1.165) is 31.1 Å². The SMILES string of the molecule is CCN(CC1CC1)CC(N)(CO)c1ccccc1. The highest BCUT2D eigenvalue weighted by Gasteiger charge is 2.31. The van der Waals surface area contributed by atoms with Crippen LogP contribution in [0.25, 0.3) is 0 Å². The van der Waals surface area contributed by atoms with Crippen LogP contribution in [-0.2, 0) is 5.54 Å². The van der Waals surface area contributed by atoms with E-state index in [4.69, 9.17) is 5.73 Å². The highest BCUT2D eigenvalue weighted by Crippen LogP contribution is 2.30. The summed E-state index contributed by atoms with van der Waals surface area (Å²) in [6.45, 7) is 4.97. The smallest absolute Gasteiger partial charge is 0.0772 e. The van der Waals surface area contributed by atoms with Crippen LogP contribution in [-0.4, -0.2) is 36.2 Å². The average molecular weight is 248 g/mol. The minimum Gasteiger partial charge on any atom is -0.394 e. The molecule has 0 amide bonds. The minimum atomic E-state index is -0.647. The third-order valence-electron chi connectivity index (χ3n) is 3.80. The summed E-state index contributed by atoms with van der Waals surface area (Å²) >= 11 is 0. The van der Waals surface area contributed by atoms with E-state index in [2.05, 4.69) is 11.8 Å². The Morgan fingerprint density at radius 2 is 2.00 bits per heavy atom. The third-order valence-corrected chi connectivity index (χ3v) is 3.80. The van der Waals surface area contributed by atoms with Crippen LogP contribution in [0.2, 0.25) is 0 Å². The van der Waals surface area contributed by atoms with Gasteiger partial charge in [0, 0.05) is 13.1 Å². The largest absolute Gasteiger partial charge is 0.394 e. The lowest BCUT2D eigenvalue weighted by molar-refractivity contribution is 0.136. The molecule has 1 saturated carbocycles. The first-order valence-electron chi connectivity index (χ1n) is 6.85. The van der Waals surface area contributed by atoms with Crippen molar-refractivity contribution in [3.8, 4) is 0 Å². The van der Waals surface area contributed by atoms with Crippen molar-refractivity contribution in [1.82, 2.24) is 4.90 Å². The number of nitrogens with zero attached hydrogens (tertiary/aromatic N) is 1. The van der Waals surface area contributed by atoms with Crippen LogP contribution in [0, 0.1) is 5.92 Å². The molecule has 0 heterocycles. The molecule has 1 aromatic rings. The molecular formula is C15H24N2O. The molecule has 0 radical (unpaired) electrons. The second-order valence-corrected chi connectivity index (χ2v) is 5.45. The van der Waals surface area contributed by atoms with Gasteiger partial charge >= 0.3 is 0 Å². The molecule has 1 atom stereocenters. The fourth-order valence-corrected chi connectivity index (χ4v) is 2.37. The van der Waals surface area contributed by atoms with Gasteiger partial charge in [-0.15, -0.1) is 0 Å². The van der Waals surface area contributed by atoms with Crippen LogP contribution >= 0.6 is 0 Å². The number of hydrogen-bond donors (Lipinski definition) is 2. The molecule has 18 heavy (non-hydrogen) atoms. The lowest BCUT2D eigenvalue weighted by atomic mass is 9.91. The summed E-state index contributed by atoms with van der Waals surface area (Å²) in [6.07, 6.45) is 2.69. The Morgan fingerprint density at radius 1 is 1.33 bits per heavy atom. The fraction of sp³-hybridized carbons (Fsp3) is 0.600. The van der Waals surface area contributed by atoms with Crippen LogP contribution in [0.3, 0.4) is 0 Å². The predicted octanol–water partition coefficient (Wildman–Crippen LogP) is 1.56. The Hall–Kier alpha value is -0.900. The molecule has 1 aliphatic carbocycles. The Morgan fingerprint density at radius 3 is 2.50 bits per heavy atom. The van der Waals surface area contributed by atoms with Gasteiger partial charge in [0.1, 0.15) is 0 Å². The number of likely N-dealkylation sites (N-methyl/N-ethyl adjacent to an activating group) is 1. The first-order valence-corrected chi connectivity index (χ1v) is 6.85. The van der Waals surface area contributed by atoms with Crippen molar-refractivity contribution in [2.45, 2.75) is 25.3 Å². The molecule has 3 N–H and O–H groups in total. The highest BCUT2D eigenvalue weighted by molar-refractivity contribution is 5.24. The standard InChI is InChI=1S/C15H24N2O/c1-2-17(10-13-8-9-13)11-15(16,12-18)14-6-4-3-5-7-14/h3-7,13,18H,2,8-12,16H2,1H3. The summed E-state index contributed by atoms with van der Waals surface area (Å²) in [5.41, 5.74) is 6.77. The lowest BCUT2D eigenvalue weighted by Crippen LogP contribution is -2.50. The fourth-order valence-electron chi connectivity index (χ4n) is 2.37. The topological polar surface area (TPSA) is 49.5 Å². The van der Waals surface area contributed by atoms with Crippen molar-refractivity contribution in [2.24, 2.45) is 11.7 Å². The summed E-state index contributed by atoms with van der Waals surface area (Å²) in [7, 11) is 0. The summed E-state index contributed by atoms with van der Waals surface area (Å²) in [6, 6.07) is 9.93. The summed E-state index contributed by atoms with van der Waals surface area (Å²) in [5.74, 6) is 0.851. The van der Waals surface area contributed by atoms with Crippen LogP contribution in [0.4, 0.5) is 0 Å². The first kappa shape index (κ1) is 13.5. The maximum atomic E-state index is 9.68. The first-order chi connectivity index (χ1) is 8.68. The van der Waals surface area contributed by atoms with Crippen LogP contribution in [0.5, 0.6) is 0 Å². The molecule has 1 fully saturated rings. The molecule has 0 aliphatic heterocycles. The number of nitrogens with two attached hydrogens (primary N) is 1. The Balaban J connectivity index is 2.06. The van der Waals surface area contributed by atoms with Crippen LogP contribution in [0.15, 0.2) is 30.3 Å². The highest BCUT2D eigenvalue weighted by atomic mass is 16.3. The van der Waals surface area contributed by atoms with Crippen molar-refractivity contribution in [3.63, 3.8) is 0 Å². The second kappa shape index (κ2) is 5.83. The normalized spacial score (nSPS) is 18.9. The van der Waals surface area contributed by atoms with Crippen molar-refractivity contribution in [3.05, 3.63) is 35.9 Å². The van der Waals surface area contributed by atoms with E-state index < -0.39 is 5.54 Å². The van der Waals surface area contributed by atoms with Crippen molar-refractivity contribution >= 4 is 0 Å². The van der Waals surface area contributed by atoms with Gasteiger partial charge in [0.15, 0.2) is 0 Å². The molecule has 0 aromatic heterocycles. The molecule has 3 nitrogen and oxygen atoms in total. The number of rotatable bonds is 7. The average Bonchev–Trinajstić information content (AvgIpc) is 3.23. The van der Waals surface area contributed by atoms with Gasteiger partial charge in [-0.2, -0.15) is 0 Å². The minimum absolute atomic E-state index is 0.0157. The maximum absolute atomic E-state index is 9.68. The molecule has 2 rings (SSSR count). The predicted molar refractivity (Wildman–Crippen MR) is 74.2 cm³/mol. The zero-order chi connectivity index (χ0) is 13.0. The summed E-state index contributed by atoms with van der Waals surface area (Å²) in [5, 5.41) is 9.68. The molecule has 0 saturated heterocycles. The van der Waals surface area contributed by atoms with Crippen LogP contribution in [0.1, 0.15) is 25.3 Å². The number of hydrogen-bond acceptors (Lipinski definition) is 3. The van der Waals surface area contributed by atoms with E-state index >= 15 is 0 Å². The zero-order valence-electron chi connectivity index (χ0n) is 11.2. The van der Waals surface area contributed by atoms with E-state index in [0.29, 0.717) is 0 Å². The van der Waals surface area contributed by atoms with Crippen molar-refractivity contribution in [2.75, 3.05) is 26.2 Å². The van der Waals surface area contributed by atoms with Gasteiger partial charge in [0.05, 0.1) is 12.1 Å². The molecule has 0 spiro atoms. The quantitative estimate of drug-likeness (QED) is 0.770. The van der Waals surface area contributed by atoms with E-state index in [1.165, 1.54) is 12.8 Å². The Bertz CT molecular complexity index is 364. The molecule has 1 aromatic carbocycles. The van der Waals surface area contributed by atoms with E-state index in [-0.39, 0.29) is 6.61 Å². The van der Waals surface area contributed by atoms with E-state index in [1.807, 2.05) is 30.3 Å². The van der Waals surface area contributed by atoms with Gasteiger partial charge < -0.3 is 15.7 Å². The molecular weight excluding hydrogens is 224 g/mol. The molecule has 1 aliphatic rings. The van der Waals surface area contributed by atoms with Crippen LogP contribution < -0.4 is 5.73 Å². The zero-order valence-corrected chi connectivity index (χ0v) is 11.2. The number of aliphatic hydroxyl groups is 1. The lowest BCUT2D eigenvalue weighted by Gasteiger charge is -2.34. The van der Waals surface area contributed by atoms with Gasteiger partial charge in [0.2, 0.25) is 0 Å². The van der Waals surface area contributed by atoms with Crippen molar-refractivity contribution in [1.29, 1.82) is 0 Å². The summed E-state index contributed by atoms with van der Waals surface area (Å²) < 4.78 is 0. The number of aliphatic hydroxyl groups excluding tert-OH is 1.